The zero-order chi connectivity index (χ0) is 22.3. The van der Waals surface area contributed by atoms with Gasteiger partial charge in [0.05, 0.1) is 30.3 Å². The Morgan fingerprint density at radius 1 is 1.33 bits per heavy atom. The molecule has 0 radical (unpaired) electrons. The highest BCUT2D eigenvalue weighted by atomic mass is 19.4. The van der Waals surface area contributed by atoms with Gasteiger partial charge in [0, 0.05) is 17.1 Å². The van der Waals surface area contributed by atoms with E-state index in [0.29, 0.717) is 16.6 Å². The number of halogens is 5. The number of rotatable bonds is 6. The van der Waals surface area contributed by atoms with Crippen LogP contribution < -0.4 is 10.6 Å². The van der Waals surface area contributed by atoms with E-state index in [2.05, 4.69) is 25.6 Å². The van der Waals surface area contributed by atoms with E-state index >= 15 is 0 Å². The Kier molecular flexibility index (Phi) is 5.44. The van der Waals surface area contributed by atoms with Crippen LogP contribution in [0.5, 0.6) is 0 Å². The molecule has 7 nitrogen and oxygen atoms in total. The third kappa shape index (κ3) is 4.07. The standard InChI is InChI=1S/C18H18F5N5O2/c1-17(2,18(21,22)23)12(4-13(29)30)27-16-11(20)7-26-15(28-16)10-6-25-14-9(10)3-8(19)5-24-14/h3,5-7,12,15,27-28H,4H2,1-2H3,(H,24,25)(H,29,30). The van der Waals surface area contributed by atoms with Gasteiger partial charge in [-0.05, 0) is 19.9 Å². The summed E-state index contributed by atoms with van der Waals surface area (Å²) in [6, 6.07) is -0.495. The normalized spacial score (nSPS) is 18.4. The average Bonchev–Trinajstić information content (AvgIpc) is 3.04. The first-order valence-electron chi connectivity index (χ1n) is 8.77. The fraction of sp³-hybridized carbons (Fsp3) is 0.389. The average molecular weight is 431 g/mol. The van der Waals surface area contributed by atoms with E-state index < -0.39 is 53.7 Å². The van der Waals surface area contributed by atoms with Crippen LogP contribution in [-0.4, -0.2) is 39.5 Å². The maximum atomic E-state index is 14.3. The summed E-state index contributed by atoms with van der Waals surface area (Å²) in [5.74, 6) is -3.54. The Labute approximate surface area is 167 Å². The molecule has 0 spiro atoms. The Balaban J connectivity index is 1.90. The SMILES string of the molecule is CC(C)(C(CC(=O)O)NC1=C(F)C=NC(c2c[nH]c3ncc(F)cc23)N1)C(F)(F)F. The number of aromatic nitrogens is 2. The Bertz CT molecular complexity index is 1030. The second-order valence-electron chi connectivity index (χ2n) is 7.36. The van der Waals surface area contributed by atoms with E-state index in [9.17, 15) is 26.7 Å². The van der Waals surface area contributed by atoms with E-state index in [1.165, 1.54) is 12.3 Å². The lowest BCUT2D eigenvalue weighted by atomic mass is 9.81. The number of nitrogens with zero attached hydrogens (tertiary/aromatic N) is 2. The number of aromatic amines is 1. The second-order valence-corrected chi connectivity index (χ2v) is 7.36. The van der Waals surface area contributed by atoms with Crippen LogP contribution in [0.4, 0.5) is 22.0 Å². The molecular weight excluding hydrogens is 413 g/mol. The molecule has 2 atom stereocenters. The molecule has 1 aliphatic heterocycles. The van der Waals surface area contributed by atoms with Crippen LogP contribution in [0, 0.1) is 11.2 Å². The molecule has 0 saturated heterocycles. The summed E-state index contributed by atoms with van der Waals surface area (Å²) in [6.45, 7) is 1.66. The smallest absolute Gasteiger partial charge is 0.395 e. The van der Waals surface area contributed by atoms with Crippen molar-refractivity contribution in [3.8, 4) is 0 Å². The van der Waals surface area contributed by atoms with Crippen LogP contribution in [0.1, 0.15) is 32.0 Å². The zero-order valence-corrected chi connectivity index (χ0v) is 15.8. The molecule has 0 aliphatic carbocycles. The summed E-state index contributed by atoms with van der Waals surface area (Å²) in [4.78, 5) is 21.7. The van der Waals surface area contributed by atoms with Gasteiger partial charge in [-0.1, -0.05) is 0 Å². The summed E-state index contributed by atoms with van der Waals surface area (Å²) in [6.07, 6.45) is -3.37. The van der Waals surface area contributed by atoms with Gasteiger partial charge in [-0.25, -0.2) is 13.8 Å². The van der Waals surface area contributed by atoms with Gasteiger partial charge in [0.25, 0.3) is 0 Å². The molecule has 0 amide bonds. The number of hydrogen-bond donors (Lipinski definition) is 4. The number of aliphatic carboxylic acids is 1. The van der Waals surface area contributed by atoms with Crippen molar-refractivity contribution >= 4 is 23.2 Å². The number of fused-ring (bicyclic) bond motifs is 1. The van der Waals surface area contributed by atoms with Crippen molar-refractivity contribution in [2.45, 2.75) is 38.7 Å². The van der Waals surface area contributed by atoms with Crippen LogP contribution in [-0.2, 0) is 4.79 Å². The number of hydrogen-bond acceptors (Lipinski definition) is 5. The Hall–Kier alpha value is -3.18. The predicted octanol–water partition coefficient (Wildman–Crippen LogP) is 3.53. The molecule has 3 heterocycles. The van der Waals surface area contributed by atoms with Gasteiger partial charge in [-0.15, -0.1) is 0 Å². The highest BCUT2D eigenvalue weighted by molar-refractivity contribution is 5.82. The number of carbonyl (C=O) groups is 1. The van der Waals surface area contributed by atoms with Gasteiger partial charge < -0.3 is 20.7 Å². The molecule has 0 aromatic carbocycles. The van der Waals surface area contributed by atoms with E-state index in [1.54, 1.807) is 0 Å². The van der Waals surface area contributed by atoms with Crippen LogP contribution in [0.3, 0.4) is 0 Å². The fourth-order valence-electron chi connectivity index (χ4n) is 2.97. The van der Waals surface area contributed by atoms with Gasteiger partial charge in [0.1, 0.15) is 23.5 Å². The molecular formula is C18H18F5N5O2. The minimum absolute atomic E-state index is 0.342. The molecule has 1 aliphatic rings. The van der Waals surface area contributed by atoms with Crippen molar-refractivity contribution in [1.82, 2.24) is 20.6 Å². The first-order chi connectivity index (χ1) is 13.9. The third-order valence-electron chi connectivity index (χ3n) is 4.98. The number of allylic oxidation sites excluding steroid dienone is 1. The van der Waals surface area contributed by atoms with E-state index in [0.717, 1.165) is 26.3 Å². The quantitative estimate of drug-likeness (QED) is 0.524. The number of alkyl halides is 3. The molecule has 30 heavy (non-hydrogen) atoms. The molecule has 0 saturated carbocycles. The van der Waals surface area contributed by atoms with Crippen molar-refractivity contribution in [3.05, 3.63) is 41.5 Å². The van der Waals surface area contributed by atoms with Crippen LogP contribution in [0.25, 0.3) is 11.0 Å². The molecule has 4 N–H and O–H groups in total. The first-order valence-corrected chi connectivity index (χ1v) is 8.77. The van der Waals surface area contributed by atoms with Crippen LogP contribution >= 0.6 is 0 Å². The van der Waals surface area contributed by atoms with Crippen molar-refractivity contribution in [2.75, 3.05) is 0 Å². The van der Waals surface area contributed by atoms with Gasteiger partial charge in [0.15, 0.2) is 5.83 Å². The lowest BCUT2D eigenvalue weighted by molar-refractivity contribution is -0.221. The van der Waals surface area contributed by atoms with Gasteiger partial charge in [-0.3, -0.25) is 9.79 Å². The predicted molar refractivity (Wildman–Crippen MR) is 97.6 cm³/mol. The summed E-state index contributed by atoms with van der Waals surface area (Å²) in [5, 5.41) is 14.3. The molecule has 0 fully saturated rings. The van der Waals surface area contributed by atoms with Crippen molar-refractivity contribution in [1.29, 1.82) is 0 Å². The lowest BCUT2D eigenvalue weighted by Gasteiger charge is -2.37. The number of pyridine rings is 1. The summed E-state index contributed by atoms with van der Waals surface area (Å²) >= 11 is 0. The molecule has 12 heteroatoms. The largest absolute Gasteiger partial charge is 0.481 e. The fourth-order valence-corrected chi connectivity index (χ4v) is 2.97. The summed E-state index contributed by atoms with van der Waals surface area (Å²) in [7, 11) is 0. The number of nitrogens with one attached hydrogen (secondary N) is 3. The lowest BCUT2D eigenvalue weighted by Crippen LogP contribution is -2.53. The van der Waals surface area contributed by atoms with Gasteiger partial charge >= 0.3 is 12.1 Å². The van der Waals surface area contributed by atoms with Crippen molar-refractivity contribution in [3.63, 3.8) is 0 Å². The Morgan fingerprint density at radius 3 is 2.67 bits per heavy atom. The minimum atomic E-state index is -4.75. The van der Waals surface area contributed by atoms with Gasteiger partial charge in [-0.2, -0.15) is 13.2 Å². The maximum Gasteiger partial charge on any atom is 0.395 e. The molecule has 2 aromatic rings. The molecule has 0 bridgehead atoms. The molecule has 2 aromatic heterocycles. The minimum Gasteiger partial charge on any atom is -0.481 e. The van der Waals surface area contributed by atoms with Crippen LogP contribution in [0.2, 0.25) is 0 Å². The van der Waals surface area contributed by atoms with E-state index in [4.69, 9.17) is 5.11 Å². The zero-order valence-electron chi connectivity index (χ0n) is 15.8. The number of H-pyrrole nitrogens is 1. The summed E-state index contributed by atoms with van der Waals surface area (Å²) < 4.78 is 68.3. The second kappa shape index (κ2) is 7.58. The maximum absolute atomic E-state index is 14.3. The van der Waals surface area contributed by atoms with Crippen LogP contribution in [0.15, 0.2) is 35.1 Å². The van der Waals surface area contributed by atoms with Gasteiger partial charge in [0.2, 0.25) is 0 Å². The highest BCUT2D eigenvalue weighted by Crippen LogP contribution is 2.42. The molecule has 3 rings (SSSR count). The number of aliphatic imine (C=N–C) groups is 1. The van der Waals surface area contributed by atoms with E-state index in [1.807, 2.05) is 0 Å². The molecule has 2 unspecified atom stereocenters. The number of carboxylic acid groups (broad SMARTS) is 1. The highest BCUT2D eigenvalue weighted by Gasteiger charge is 2.53. The molecule has 162 valence electrons. The Morgan fingerprint density at radius 2 is 2.03 bits per heavy atom. The van der Waals surface area contributed by atoms with Crippen molar-refractivity contribution in [2.24, 2.45) is 10.4 Å². The van der Waals surface area contributed by atoms with Crippen molar-refractivity contribution < 1.29 is 31.9 Å². The van der Waals surface area contributed by atoms with E-state index in [-0.39, 0.29) is 0 Å². The third-order valence-corrected chi connectivity index (χ3v) is 4.98. The topological polar surface area (TPSA) is 102 Å². The first kappa shape index (κ1) is 21.5. The number of carboxylic acids is 1. The monoisotopic (exact) mass is 431 g/mol. The summed E-state index contributed by atoms with van der Waals surface area (Å²) in [5.41, 5.74) is -1.77.